The van der Waals surface area contributed by atoms with Gasteiger partial charge in [0.25, 0.3) is 0 Å². The number of amides is 2. The van der Waals surface area contributed by atoms with E-state index in [0.717, 1.165) is 22.5 Å². The SMILES string of the molecule is C=C1Nc2cc(C(C)(C)C)ccc2CC1=O.CC.CC.CC1NC(=O)Nc2cc(C(C)(C)C)ccc21. The largest absolute Gasteiger partial charge is 0.353 e. The number of benzene rings is 2. The van der Waals surface area contributed by atoms with E-state index in [9.17, 15) is 9.59 Å². The number of hydrogen-bond acceptors (Lipinski definition) is 3. The van der Waals surface area contributed by atoms with E-state index in [0.29, 0.717) is 12.1 Å². The van der Waals surface area contributed by atoms with E-state index in [1.54, 1.807) is 0 Å². The minimum absolute atomic E-state index is 0.0796. The predicted molar refractivity (Wildman–Crippen MR) is 155 cm³/mol. The van der Waals surface area contributed by atoms with E-state index in [1.807, 2.05) is 40.7 Å². The molecule has 1 atom stereocenters. The molecule has 5 heteroatoms. The minimum atomic E-state index is -0.119. The number of Topliss-reactive ketones (excluding diaryl/α,β-unsaturated/α-hetero) is 1. The van der Waals surface area contributed by atoms with Crippen molar-refractivity contribution in [2.45, 2.75) is 99.5 Å². The number of anilines is 2. The van der Waals surface area contributed by atoms with Crippen molar-refractivity contribution in [1.29, 1.82) is 0 Å². The van der Waals surface area contributed by atoms with Gasteiger partial charge in [0, 0.05) is 17.8 Å². The molecule has 2 aliphatic rings. The Bertz CT molecular complexity index is 1070. The number of hydrogen-bond donors (Lipinski definition) is 3. The highest BCUT2D eigenvalue weighted by Crippen LogP contribution is 2.32. The molecule has 2 aliphatic heterocycles. The average molecular weight is 494 g/mol. The van der Waals surface area contributed by atoms with Crippen LogP contribution in [0.2, 0.25) is 0 Å². The van der Waals surface area contributed by atoms with E-state index in [-0.39, 0.29) is 28.7 Å². The average Bonchev–Trinajstić information content (AvgIpc) is 2.81. The first-order chi connectivity index (χ1) is 16.8. The third kappa shape index (κ3) is 7.97. The molecule has 198 valence electrons. The molecule has 2 heterocycles. The summed E-state index contributed by atoms with van der Waals surface area (Å²) in [6, 6.07) is 12.5. The lowest BCUT2D eigenvalue weighted by Gasteiger charge is -2.27. The van der Waals surface area contributed by atoms with Gasteiger partial charge in [0.2, 0.25) is 0 Å². The first-order valence-corrected chi connectivity index (χ1v) is 13.1. The molecule has 1 unspecified atom stereocenters. The van der Waals surface area contributed by atoms with Gasteiger partial charge in [0.05, 0.1) is 11.7 Å². The Kier molecular flexibility index (Phi) is 11.0. The summed E-state index contributed by atoms with van der Waals surface area (Å²) in [5.74, 6) is 0.0796. The first kappa shape index (κ1) is 31.0. The van der Waals surface area contributed by atoms with Gasteiger partial charge < -0.3 is 16.0 Å². The molecule has 0 bridgehead atoms. The van der Waals surface area contributed by atoms with E-state index >= 15 is 0 Å². The molecule has 5 nitrogen and oxygen atoms in total. The molecule has 36 heavy (non-hydrogen) atoms. The summed E-state index contributed by atoms with van der Waals surface area (Å²) in [4.78, 5) is 22.9. The van der Waals surface area contributed by atoms with Gasteiger partial charge in [-0.3, -0.25) is 4.79 Å². The topological polar surface area (TPSA) is 70.2 Å². The molecule has 0 aliphatic carbocycles. The maximum Gasteiger partial charge on any atom is 0.319 e. The lowest BCUT2D eigenvalue weighted by molar-refractivity contribution is -0.114. The van der Waals surface area contributed by atoms with Crippen LogP contribution in [0.5, 0.6) is 0 Å². The van der Waals surface area contributed by atoms with Crippen molar-refractivity contribution in [3.05, 3.63) is 70.9 Å². The molecule has 0 fully saturated rings. The number of allylic oxidation sites excluding steroid dienone is 1. The lowest BCUT2D eigenvalue weighted by atomic mass is 9.85. The summed E-state index contributed by atoms with van der Waals surface area (Å²) in [7, 11) is 0. The molecular weight excluding hydrogens is 446 g/mol. The number of nitrogens with one attached hydrogen (secondary N) is 3. The van der Waals surface area contributed by atoms with E-state index in [4.69, 9.17) is 0 Å². The van der Waals surface area contributed by atoms with Crippen LogP contribution in [0.4, 0.5) is 16.2 Å². The van der Waals surface area contributed by atoms with Crippen LogP contribution in [0, 0.1) is 0 Å². The van der Waals surface area contributed by atoms with Crippen molar-refractivity contribution in [1.82, 2.24) is 5.32 Å². The molecule has 2 amide bonds. The maximum absolute atomic E-state index is 11.5. The van der Waals surface area contributed by atoms with Gasteiger partial charge in [-0.05, 0) is 52.1 Å². The second kappa shape index (κ2) is 12.8. The zero-order valence-electron chi connectivity index (χ0n) is 24.3. The van der Waals surface area contributed by atoms with E-state index in [1.165, 1.54) is 11.1 Å². The van der Waals surface area contributed by atoms with Crippen molar-refractivity contribution in [3.8, 4) is 0 Å². The number of carbonyl (C=O) groups is 2. The van der Waals surface area contributed by atoms with E-state index < -0.39 is 0 Å². The molecular formula is C31H47N3O2. The quantitative estimate of drug-likeness (QED) is 0.323. The second-order valence-corrected chi connectivity index (χ2v) is 10.7. The zero-order chi connectivity index (χ0) is 27.8. The molecule has 0 saturated carbocycles. The summed E-state index contributed by atoms with van der Waals surface area (Å²) in [6.07, 6.45) is 0.464. The van der Waals surface area contributed by atoms with Crippen LogP contribution >= 0.6 is 0 Å². The Morgan fingerprint density at radius 1 is 0.778 bits per heavy atom. The summed E-state index contributed by atoms with van der Waals surface area (Å²) in [6.45, 7) is 26.8. The summed E-state index contributed by atoms with van der Waals surface area (Å²) < 4.78 is 0. The number of ketones is 1. The number of urea groups is 1. The Balaban J connectivity index is 0.000000317. The van der Waals surface area contributed by atoms with Crippen molar-refractivity contribution >= 4 is 23.2 Å². The van der Waals surface area contributed by atoms with Gasteiger partial charge in [-0.15, -0.1) is 0 Å². The molecule has 2 aromatic rings. The van der Waals surface area contributed by atoms with Crippen LogP contribution in [-0.2, 0) is 22.0 Å². The van der Waals surface area contributed by atoms with Crippen LogP contribution in [0.15, 0.2) is 48.7 Å². The van der Waals surface area contributed by atoms with Crippen molar-refractivity contribution in [2.24, 2.45) is 0 Å². The van der Waals surface area contributed by atoms with Crippen molar-refractivity contribution in [3.63, 3.8) is 0 Å². The minimum Gasteiger partial charge on any atom is -0.353 e. The van der Waals surface area contributed by atoms with Gasteiger partial charge in [-0.25, -0.2) is 4.79 Å². The predicted octanol–water partition coefficient (Wildman–Crippen LogP) is 8.27. The second-order valence-electron chi connectivity index (χ2n) is 10.7. The van der Waals surface area contributed by atoms with Crippen LogP contribution in [-0.4, -0.2) is 11.8 Å². The highest BCUT2D eigenvalue weighted by atomic mass is 16.2. The van der Waals surface area contributed by atoms with Crippen LogP contribution in [0.1, 0.15) is 104 Å². The first-order valence-electron chi connectivity index (χ1n) is 13.1. The fourth-order valence-electron chi connectivity index (χ4n) is 3.77. The molecule has 0 aromatic heterocycles. The number of carbonyl (C=O) groups excluding carboxylic acids is 2. The standard InChI is InChI=1S/C14H17NO.C13H18N2O.2C2H6/c1-9-13(16)7-10-5-6-11(14(2,3)4)8-12(10)15-9;1-8-10-6-5-9(13(2,3)4)7-11(10)15-12(16)14-8;2*1-2/h5-6,8,15H,1,7H2,2-4H3;5-8H,1-4H3,(H2,14,15,16);2*1-2H3. The Hall–Kier alpha value is -3.08. The summed E-state index contributed by atoms with van der Waals surface area (Å²) >= 11 is 0. The third-order valence-corrected chi connectivity index (χ3v) is 5.93. The number of fused-ring (bicyclic) bond motifs is 2. The Morgan fingerprint density at radius 2 is 1.28 bits per heavy atom. The zero-order valence-corrected chi connectivity index (χ0v) is 24.3. The van der Waals surface area contributed by atoms with Crippen LogP contribution in [0.3, 0.4) is 0 Å². The third-order valence-electron chi connectivity index (χ3n) is 5.93. The molecule has 0 saturated heterocycles. The molecule has 4 rings (SSSR count). The van der Waals surface area contributed by atoms with Gasteiger partial charge >= 0.3 is 6.03 Å². The molecule has 0 spiro atoms. The van der Waals surface area contributed by atoms with Crippen LogP contribution < -0.4 is 16.0 Å². The maximum atomic E-state index is 11.5. The van der Waals surface area contributed by atoms with Gasteiger partial charge in [-0.1, -0.05) is 100 Å². The summed E-state index contributed by atoms with van der Waals surface area (Å²) in [5.41, 5.74) is 7.40. The van der Waals surface area contributed by atoms with Gasteiger partial charge in [0.15, 0.2) is 5.78 Å². The van der Waals surface area contributed by atoms with Crippen molar-refractivity contribution in [2.75, 3.05) is 10.6 Å². The lowest BCUT2D eigenvalue weighted by Crippen LogP contribution is -2.36. The normalized spacial score (nSPS) is 16.1. The van der Waals surface area contributed by atoms with Gasteiger partial charge in [-0.2, -0.15) is 0 Å². The molecule has 2 aromatic carbocycles. The monoisotopic (exact) mass is 493 g/mol. The number of rotatable bonds is 0. The van der Waals surface area contributed by atoms with Crippen LogP contribution in [0.25, 0.3) is 0 Å². The van der Waals surface area contributed by atoms with Crippen molar-refractivity contribution < 1.29 is 9.59 Å². The highest BCUT2D eigenvalue weighted by molar-refractivity contribution is 6.02. The van der Waals surface area contributed by atoms with Gasteiger partial charge in [0.1, 0.15) is 0 Å². The molecule has 3 N–H and O–H groups in total. The fraction of sp³-hybridized carbons (Fsp3) is 0.484. The Morgan fingerprint density at radius 3 is 1.81 bits per heavy atom. The Labute approximate surface area is 219 Å². The smallest absolute Gasteiger partial charge is 0.319 e. The van der Waals surface area contributed by atoms with E-state index in [2.05, 4.69) is 94.4 Å². The summed E-state index contributed by atoms with van der Waals surface area (Å²) in [5, 5.41) is 8.77. The highest BCUT2D eigenvalue weighted by Gasteiger charge is 2.23. The molecule has 0 radical (unpaired) electrons. The fourth-order valence-corrected chi connectivity index (χ4v) is 3.77.